The van der Waals surface area contributed by atoms with Crippen LogP contribution in [0, 0.1) is 12.7 Å². The number of aromatic nitrogens is 6. The van der Waals surface area contributed by atoms with E-state index in [1.807, 2.05) is 13.0 Å². The first kappa shape index (κ1) is 25.9. The zero-order chi connectivity index (χ0) is 26.7. The molecule has 12 nitrogen and oxygen atoms in total. The van der Waals surface area contributed by atoms with Gasteiger partial charge in [-0.2, -0.15) is 0 Å². The van der Waals surface area contributed by atoms with Gasteiger partial charge in [-0.25, -0.2) is 22.8 Å². The van der Waals surface area contributed by atoms with Crippen LogP contribution < -0.4 is 14.2 Å². The number of nitrogens with zero attached hydrogens (tertiary/aromatic N) is 6. The molecule has 0 aliphatic carbocycles. The number of pyridine rings is 1. The Labute approximate surface area is 212 Å². The summed E-state index contributed by atoms with van der Waals surface area (Å²) in [5.41, 5.74) is 1.73. The Kier molecular flexibility index (Phi) is 7.31. The number of anilines is 1. The molecule has 1 aromatic carbocycles. The Bertz CT molecular complexity index is 1490. The summed E-state index contributed by atoms with van der Waals surface area (Å²) in [6, 6.07) is 6.87. The molecule has 194 valence electrons. The molecule has 2 N–H and O–H groups in total. The molecule has 0 saturated carbocycles. The fourth-order valence-corrected chi connectivity index (χ4v) is 4.59. The third-order valence-corrected chi connectivity index (χ3v) is 7.20. The first-order chi connectivity index (χ1) is 17.7. The highest BCUT2D eigenvalue weighted by molar-refractivity contribution is 7.93. The molecule has 0 spiro atoms. The summed E-state index contributed by atoms with van der Waals surface area (Å²) >= 11 is 0. The highest BCUT2D eigenvalue weighted by atomic mass is 32.2. The van der Waals surface area contributed by atoms with Gasteiger partial charge in [0.15, 0.2) is 17.5 Å². The lowest BCUT2D eigenvalue weighted by atomic mass is 10.2. The predicted molar refractivity (Wildman–Crippen MR) is 131 cm³/mol. The Morgan fingerprint density at radius 1 is 1.05 bits per heavy atom. The number of benzene rings is 1. The van der Waals surface area contributed by atoms with Crippen molar-refractivity contribution in [3.05, 3.63) is 66.3 Å². The van der Waals surface area contributed by atoms with E-state index in [4.69, 9.17) is 9.47 Å². The molecule has 0 amide bonds. The van der Waals surface area contributed by atoms with Gasteiger partial charge in [0.25, 0.3) is 0 Å². The first-order valence-corrected chi connectivity index (χ1v) is 12.5. The predicted octanol–water partition coefficient (Wildman–Crippen LogP) is 2.45. The molecule has 0 aliphatic rings. The van der Waals surface area contributed by atoms with Crippen molar-refractivity contribution >= 4 is 16.0 Å². The molecule has 3 aromatic heterocycles. The Hall–Kier alpha value is -4.17. The van der Waals surface area contributed by atoms with Crippen LogP contribution in [0.3, 0.4) is 0 Å². The summed E-state index contributed by atoms with van der Waals surface area (Å²) in [6.07, 6.45) is 3.25. The van der Waals surface area contributed by atoms with Crippen molar-refractivity contribution in [3.8, 4) is 28.6 Å². The van der Waals surface area contributed by atoms with Crippen molar-refractivity contribution in [3.63, 3.8) is 0 Å². The number of ether oxygens (including phenoxy) is 2. The Morgan fingerprint density at radius 2 is 1.70 bits per heavy atom. The number of sulfonamides is 1. The van der Waals surface area contributed by atoms with E-state index in [2.05, 4.69) is 29.9 Å². The number of rotatable bonds is 9. The number of aliphatic hydroxyl groups is 1. The Morgan fingerprint density at radius 3 is 2.30 bits per heavy atom. The van der Waals surface area contributed by atoms with Crippen molar-refractivity contribution in [1.82, 2.24) is 29.7 Å². The van der Waals surface area contributed by atoms with Crippen LogP contribution in [0.15, 0.2) is 49.1 Å². The lowest BCUT2D eigenvalue weighted by Crippen LogP contribution is -2.32. The van der Waals surface area contributed by atoms with E-state index in [0.717, 1.165) is 18.0 Å². The van der Waals surface area contributed by atoms with E-state index in [1.165, 1.54) is 25.7 Å². The molecule has 0 aliphatic heterocycles. The van der Waals surface area contributed by atoms with Gasteiger partial charge in [0.1, 0.15) is 28.5 Å². The summed E-state index contributed by atoms with van der Waals surface area (Å²) < 4.78 is 54.7. The SMILES string of the molecule is COc1cccc(OC)c1-n1c(NS(=O)(=O)[C@H](C)[C@H](O)c2ncc(F)cn2)nnc1-c1cncc(C)c1. The van der Waals surface area contributed by atoms with Crippen molar-refractivity contribution in [2.75, 3.05) is 18.9 Å². The van der Waals surface area contributed by atoms with Gasteiger partial charge in [-0.05, 0) is 37.6 Å². The van der Waals surface area contributed by atoms with E-state index in [-0.39, 0.29) is 17.6 Å². The van der Waals surface area contributed by atoms with Crippen LogP contribution in [0.25, 0.3) is 17.1 Å². The number of aliphatic hydroxyl groups excluding tert-OH is 1. The van der Waals surface area contributed by atoms with Gasteiger partial charge in [-0.3, -0.25) is 14.3 Å². The quantitative estimate of drug-likeness (QED) is 0.330. The molecule has 3 heterocycles. The smallest absolute Gasteiger partial charge is 0.243 e. The second kappa shape index (κ2) is 10.4. The first-order valence-electron chi connectivity index (χ1n) is 10.9. The molecular formula is C23H24FN7O5S. The molecule has 2 atom stereocenters. The summed E-state index contributed by atoms with van der Waals surface area (Å²) in [5.74, 6) is -0.200. The van der Waals surface area contributed by atoms with Crippen LogP contribution in [0.5, 0.6) is 11.5 Å². The van der Waals surface area contributed by atoms with E-state index in [9.17, 15) is 17.9 Å². The van der Waals surface area contributed by atoms with Crippen LogP contribution in [-0.4, -0.2) is 62.7 Å². The minimum absolute atomic E-state index is 0.196. The summed E-state index contributed by atoms with van der Waals surface area (Å²) in [4.78, 5) is 11.6. The molecular weight excluding hydrogens is 505 g/mol. The third-order valence-electron chi connectivity index (χ3n) is 5.49. The largest absolute Gasteiger partial charge is 0.494 e. The van der Waals surface area contributed by atoms with Crippen LogP contribution >= 0.6 is 0 Å². The van der Waals surface area contributed by atoms with Crippen molar-refractivity contribution < 1.29 is 27.4 Å². The number of hydrogen-bond donors (Lipinski definition) is 2. The minimum Gasteiger partial charge on any atom is -0.494 e. The molecule has 4 aromatic rings. The molecule has 0 radical (unpaired) electrons. The second-order valence-electron chi connectivity index (χ2n) is 8.00. The third kappa shape index (κ3) is 5.20. The van der Waals surface area contributed by atoms with Crippen LogP contribution in [0.4, 0.5) is 10.3 Å². The number of hydrogen-bond acceptors (Lipinski definition) is 10. The average Bonchev–Trinajstić information content (AvgIpc) is 3.29. The van der Waals surface area contributed by atoms with E-state index < -0.39 is 27.2 Å². The van der Waals surface area contributed by atoms with Gasteiger partial charge in [0, 0.05) is 18.0 Å². The summed E-state index contributed by atoms with van der Waals surface area (Å²) in [7, 11) is -1.39. The number of nitrogens with one attached hydrogen (secondary N) is 1. The topological polar surface area (TPSA) is 154 Å². The second-order valence-corrected chi connectivity index (χ2v) is 10.0. The number of para-hydroxylation sites is 1. The zero-order valence-electron chi connectivity index (χ0n) is 20.3. The highest BCUT2D eigenvalue weighted by Gasteiger charge is 2.33. The van der Waals surface area contributed by atoms with Gasteiger partial charge in [-0.1, -0.05) is 6.07 Å². The maximum atomic E-state index is 13.3. The monoisotopic (exact) mass is 529 g/mol. The minimum atomic E-state index is -4.31. The Balaban J connectivity index is 1.83. The molecule has 4 rings (SSSR count). The molecule has 37 heavy (non-hydrogen) atoms. The number of halogens is 1. The molecule has 0 bridgehead atoms. The van der Waals surface area contributed by atoms with Crippen molar-refractivity contribution in [2.45, 2.75) is 25.2 Å². The van der Waals surface area contributed by atoms with Gasteiger partial charge in [0.05, 0.1) is 26.6 Å². The number of aryl methyl sites for hydroxylation is 1. The van der Waals surface area contributed by atoms with Crippen molar-refractivity contribution in [2.24, 2.45) is 0 Å². The van der Waals surface area contributed by atoms with Crippen LogP contribution in [-0.2, 0) is 10.0 Å². The van der Waals surface area contributed by atoms with Gasteiger partial charge < -0.3 is 14.6 Å². The fourth-order valence-electron chi connectivity index (χ4n) is 3.55. The highest BCUT2D eigenvalue weighted by Crippen LogP contribution is 2.38. The van der Waals surface area contributed by atoms with Crippen LogP contribution in [0.2, 0.25) is 0 Å². The van der Waals surface area contributed by atoms with E-state index in [0.29, 0.717) is 22.7 Å². The molecule has 0 unspecified atom stereocenters. The summed E-state index contributed by atoms with van der Waals surface area (Å²) in [5, 5.41) is 17.4. The van der Waals surface area contributed by atoms with Crippen LogP contribution in [0.1, 0.15) is 24.4 Å². The molecule has 0 saturated heterocycles. The lowest BCUT2D eigenvalue weighted by Gasteiger charge is -2.20. The lowest BCUT2D eigenvalue weighted by molar-refractivity contribution is 0.166. The standard InChI is InChI=1S/C23H24FN7O5S/c1-13-8-15(10-25-9-13)22-28-29-23(31(22)19-17(35-3)6-5-7-18(19)36-4)30-37(33,34)14(2)20(32)21-26-11-16(24)12-27-21/h5-12,14,20,32H,1-4H3,(H,29,30)/t14-,20+/m1/s1. The number of methoxy groups -OCH3 is 2. The zero-order valence-corrected chi connectivity index (χ0v) is 21.1. The maximum absolute atomic E-state index is 13.3. The van der Waals surface area contributed by atoms with Gasteiger partial charge in [0.2, 0.25) is 16.0 Å². The molecule has 14 heteroatoms. The molecule has 0 fully saturated rings. The normalized spacial score (nSPS) is 13.1. The van der Waals surface area contributed by atoms with Crippen molar-refractivity contribution in [1.29, 1.82) is 0 Å². The van der Waals surface area contributed by atoms with E-state index in [1.54, 1.807) is 30.6 Å². The van der Waals surface area contributed by atoms with Gasteiger partial charge in [-0.15, -0.1) is 10.2 Å². The fraction of sp³-hybridized carbons (Fsp3) is 0.261. The summed E-state index contributed by atoms with van der Waals surface area (Å²) in [6.45, 7) is 3.11. The van der Waals surface area contributed by atoms with Gasteiger partial charge >= 0.3 is 0 Å². The average molecular weight is 530 g/mol. The van der Waals surface area contributed by atoms with E-state index >= 15 is 0 Å². The maximum Gasteiger partial charge on any atom is 0.243 e.